The molecular weight excluding hydrogens is 278 g/mol. The number of hydrogen-bond acceptors (Lipinski definition) is 2. The number of allylic oxidation sites excluding steroid dienone is 2. The van der Waals surface area contributed by atoms with Crippen molar-refractivity contribution >= 4 is 29.2 Å². The number of aryl methyl sites for hydroxylation is 1. The number of carboxylic acids is 1. The molecule has 1 aliphatic carbocycles. The summed E-state index contributed by atoms with van der Waals surface area (Å²) in [5.74, 6) is -2.42. The lowest BCUT2D eigenvalue weighted by atomic mass is 9.82. The molecule has 0 heterocycles. The molecule has 0 spiro atoms. The molecule has 1 aromatic rings. The number of carbonyl (C=O) groups is 2. The van der Waals surface area contributed by atoms with E-state index in [9.17, 15) is 9.59 Å². The van der Waals surface area contributed by atoms with Gasteiger partial charge in [-0.1, -0.05) is 29.8 Å². The SMILES string of the molecule is Cc1ccc(NC(=O)[C@@H]2CC=CC[C@@H]2C(=O)O)cc1Cl. The van der Waals surface area contributed by atoms with Crippen LogP contribution >= 0.6 is 11.6 Å². The Kier molecular flexibility index (Phi) is 4.45. The van der Waals surface area contributed by atoms with E-state index in [1.54, 1.807) is 12.1 Å². The number of nitrogens with one attached hydrogen (secondary N) is 1. The second kappa shape index (κ2) is 6.09. The van der Waals surface area contributed by atoms with Gasteiger partial charge in [0.25, 0.3) is 0 Å². The minimum Gasteiger partial charge on any atom is -0.481 e. The fraction of sp³-hybridized carbons (Fsp3) is 0.333. The molecule has 2 N–H and O–H groups in total. The first-order valence-electron chi connectivity index (χ1n) is 6.44. The van der Waals surface area contributed by atoms with Crippen molar-refractivity contribution in [3.05, 3.63) is 40.9 Å². The summed E-state index contributed by atoms with van der Waals surface area (Å²) >= 11 is 6.01. The van der Waals surface area contributed by atoms with Crippen molar-refractivity contribution in [2.45, 2.75) is 19.8 Å². The Bertz CT molecular complexity index is 568. The van der Waals surface area contributed by atoms with E-state index in [0.717, 1.165) is 5.56 Å². The molecule has 2 atom stereocenters. The molecule has 0 radical (unpaired) electrons. The van der Waals surface area contributed by atoms with Crippen LogP contribution in [0.2, 0.25) is 5.02 Å². The molecule has 0 aromatic heterocycles. The van der Waals surface area contributed by atoms with Gasteiger partial charge in [-0.05, 0) is 37.5 Å². The van der Waals surface area contributed by atoms with Crippen molar-refractivity contribution in [1.29, 1.82) is 0 Å². The summed E-state index contributed by atoms with van der Waals surface area (Å²) in [5.41, 5.74) is 1.51. The van der Waals surface area contributed by atoms with Crippen LogP contribution in [0.3, 0.4) is 0 Å². The Balaban J connectivity index is 2.12. The summed E-state index contributed by atoms with van der Waals surface area (Å²) in [6.07, 6.45) is 4.50. The van der Waals surface area contributed by atoms with Gasteiger partial charge in [0.1, 0.15) is 0 Å². The molecule has 1 aromatic carbocycles. The zero-order valence-corrected chi connectivity index (χ0v) is 11.9. The Hall–Kier alpha value is -1.81. The first kappa shape index (κ1) is 14.6. The summed E-state index contributed by atoms with van der Waals surface area (Å²) in [6, 6.07) is 5.24. The lowest BCUT2D eigenvalue weighted by Gasteiger charge is -2.24. The van der Waals surface area contributed by atoms with E-state index in [0.29, 0.717) is 23.6 Å². The van der Waals surface area contributed by atoms with E-state index < -0.39 is 17.8 Å². The highest BCUT2D eigenvalue weighted by Gasteiger charge is 2.33. The molecule has 0 bridgehead atoms. The van der Waals surface area contributed by atoms with E-state index in [-0.39, 0.29) is 5.91 Å². The van der Waals surface area contributed by atoms with Gasteiger partial charge < -0.3 is 10.4 Å². The molecule has 1 amide bonds. The molecule has 0 unspecified atom stereocenters. The quantitative estimate of drug-likeness (QED) is 0.841. The maximum absolute atomic E-state index is 12.2. The molecule has 2 rings (SSSR count). The van der Waals surface area contributed by atoms with E-state index >= 15 is 0 Å². The predicted molar refractivity (Wildman–Crippen MR) is 77.8 cm³/mol. The average molecular weight is 294 g/mol. The molecule has 20 heavy (non-hydrogen) atoms. The van der Waals surface area contributed by atoms with Gasteiger partial charge in [-0.25, -0.2) is 0 Å². The molecular formula is C15H16ClNO3. The number of hydrogen-bond donors (Lipinski definition) is 2. The molecule has 0 saturated carbocycles. The molecule has 0 fully saturated rings. The van der Waals surface area contributed by atoms with Gasteiger partial charge in [0.05, 0.1) is 11.8 Å². The minimum atomic E-state index is -0.934. The van der Waals surface area contributed by atoms with Gasteiger partial charge in [-0.2, -0.15) is 0 Å². The second-order valence-electron chi connectivity index (χ2n) is 4.95. The van der Waals surface area contributed by atoms with Crippen LogP contribution in [0.5, 0.6) is 0 Å². The minimum absolute atomic E-state index is 0.276. The molecule has 5 heteroatoms. The third kappa shape index (κ3) is 3.20. The molecule has 0 saturated heterocycles. The van der Waals surface area contributed by atoms with Crippen LogP contribution in [-0.2, 0) is 9.59 Å². The summed E-state index contributed by atoms with van der Waals surface area (Å²) in [7, 11) is 0. The topological polar surface area (TPSA) is 66.4 Å². The summed E-state index contributed by atoms with van der Waals surface area (Å²) in [5, 5.41) is 12.5. The zero-order valence-electron chi connectivity index (χ0n) is 11.1. The highest BCUT2D eigenvalue weighted by Crippen LogP contribution is 2.28. The lowest BCUT2D eigenvalue weighted by Crippen LogP contribution is -2.34. The Morgan fingerprint density at radius 2 is 1.90 bits per heavy atom. The number of anilines is 1. The first-order valence-corrected chi connectivity index (χ1v) is 6.81. The van der Waals surface area contributed by atoms with Crippen molar-refractivity contribution in [2.75, 3.05) is 5.32 Å². The summed E-state index contributed by atoms with van der Waals surface area (Å²) in [4.78, 5) is 23.4. The van der Waals surface area contributed by atoms with Crippen molar-refractivity contribution in [3.8, 4) is 0 Å². The van der Waals surface area contributed by atoms with E-state index in [1.165, 1.54) is 0 Å². The predicted octanol–water partition coefficient (Wildman–Crippen LogP) is 3.25. The van der Waals surface area contributed by atoms with Crippen molar-refractivity contribution in [2.24, 2.45) is 11.8 Å². The van der Waals surface area contributed by atoms with Crippen LogP contribution in [0.1, 0.15) is 18.4 Å². The van der Waals surface area contributed by atoms with Crippen LogP contribution < -0.4 is 5.32 Å². The molecule has 0 aliphatic heterocycles. The largest absolute Gasteiger partial charge is 0.481 e. The van der Waals surface area contributed by atoms with Gasteiger partial charge in [0, 0.05) is 10.7 Å². The Morgan fingerprint density at radius 3 is 2.50 bits per heavy atom. The van der Waals surface area contributed by atoms with Crippen LogP contribution in [0, 0.1) is 18.8 Å². The zero-order chi connectivity index (χ0) is 14.7. The van der Waals surface area contributed by atoms with Crippen molar-refractivity contribution < 1.29 is 14.7 Å². The van der Waals surface area contributed by atoms with Crippen LogP contribution in [0.15, 0.2) is 30.4 Å². The fourth-order valence-electron chi connectivity index (χ4n) is 2.28. The van der Waals surface area contributed by atoms with Crippen molar-refractivity contribution in [3.63, 3.8) is 0 Å². The molecule has 106 valence electrons. The number of rotatable bonds is 3. The highest BCUT2D eigenvalue weighted by molar-refractivity contribution is 6.31. The maximum Gasteiger partial charge on any atom is 0.307 e. The molecule has 4 nitrogen and oxygen atoms in total. The van der Waals surface area contributed by atoms with Crippen LogP contribution in [-0.4, -0.2) is 17.0 Å². The fourth-order valence-corrected chi connectivity index (χ4v) is 2.46. The Labute approximate surface area is 122 Å². The summed E-state index contributed by atoms with van der Waals surface area (Å²) < 4.78 is 0. The number of carbonyl (C=O) groups excluding carboxylic acids is 1. The first-order chi connectivity index (χ1) is 9.49. The normalized spacial score (nSPS) is 21.5. The number of benzene rings is 1. The van der Waals surface area contributed by atoms with Gasteiger partial charge in [0.2, 0.25) is 5.91 Å². The van der Waals surface area contributed by atoms with Gasteiger partial charge >= 0.3 is 5.97 Å². The maximum atomic E-state index is 12.2. The molecule has 1 aliphatic rings. The lowest BCUT2D eigenvalue weighted by molar-refractivity contribution is -0.146. The average Bonchev–Trinajstić information content (AvgIpc) is 2.43. The summed E-state index contributed by atoms with van der Waals surface area (Å²) in [6.45, 7) is 1.88. The number of halogens is 1. The van der Waals surface area contributed by atoms with Crippen LogP contribution in [0.25, 0.3) is 0 Å². The van der Waals surface area contributed by atoms with E-state index in [4.69, 9.17) is 16.7 Å². The highest BCUT2D eigenvalue weighted by atomic mass is 35.5. The van der Waals surface area contributed by atoms with E-state index in [2.05, 4.69) is 5.32 Å². The standard InChI is InChI=1S/C15H16ClNO3/c1-9-6-7-10(8-13(9)16)17-14(18)11-4-2-3-5-12(11)15(19)20/h2-3,6-8,11-12H,4-5H2,1H3,(H,17,18)(H,19,20)/t11-,12+/m1/s1. The van der Waals surface area contributed by atoms with E-state index in [1.807, 2.05) is 25.1 Å². The number of carboxylic acid groups (broad SMARTS) is 1. The third-order valence-electron chi connectivity index (χ3n) is 3.53. The van der Waals surface area contributed by atoms with Crippen molar-refractivity contribution in [1.82, 2.24) is 0 Å². The number of aliphatic carboxylic acids is 1. The number of amides is 1. The van der Waals surface area contributed by atoms with Gasteiger partial charge in [0.15, 0.2) is 0 Å². The van der Waals surface area contributed by atoms with Gasteiger partial charge in [-0.3, -0.25) is 9.59 Å². The monoisotopic (exact) mass is 293 g/mol. The van der Waals surface area contributed by atoms with Gasteiger partial charge in [-0.15, -0.1) is 0 Å². The Morgan fingerprint density at radius 1 is 1.25 bits per heavy atom. The third-order valence-corrected chi connectivity index (χ3v) is 3.93. The second-order valence-corrected chi connectivity index (χ2v) is 5.35. The smallest absolute Gasteiger partial charge is 0.307 e. The van der Waals surface area contributed by atoms with Crippen LogP contribution in [0.4, 0.5) is 5.69 Å².